The number of alkyl halides is 3. The van der Waals surface area contributed by atoms with E-state index in [1.165, 1.54) is 0 Å². The van der Waals surface area contributed by atoms with E-state index >= 15 is 0 Å². The molecule has 1 aliphatic heterocycles. The van der Waals surface area contributed by atoms with Crippen molar-refractivity contribution in [2.24, 2.45) is 0 Å². The SMILES string of the molecule is CCCCOc1ccc2ccccc2c1[C@H](N1NC(=O)CC1(C)C)C(F)(F)F. The van der Waals surface area contributed by atoms with Gasteiger partial charge in [-0.05, 0) is 37.1 Å². The molecule has 1 aliphatic rings. The number of carbonyl (C=O) groups is 1. The third-order valence-corrected chi connectivity index (χ3v) is 5.02. The van der Waals surface area contributed by atoms with Gasteiger partial charge in [0.05, 0.1) is 6.61 Å². The van der Waals surface area contributed by atoms with Gasteiger partial charge in [0, 0.05) is 17.5 Å². The summed E-state index contributed by atoms with van der Waals surface area (Å²) >= 11 is 0. The van der Waals surface area contributed by atoms with Gasteiger partial charge < -0.3 is 4.74 Å². The summed E-state index contributed by atoms with van der Waals surface area (Å²) in [5, 5.41) is 2.19. The molecule has 0 radical (unpaired) electrons. The molecule has 2 aromatic rings. The summed E-state index contributed by atoms with van der Waals surface area (Å²) in [7, 11) is 0. The second-order valence-corrected chi connectivity index (χ2v) is 7.74. The van der Waals surface area contributed by atoms with E-state index < -0.39 is 23.7 Å². The van der Waals surface area contributed by atoms with E-state index in [0.717, 1.165) is 17.9 Å². The number of hydrogen-bond acceptors (Lipinski definition) is 3. The monoisotopic (exact) mass is 394 g/mol. The summed E-state index contributed by atoms with van der Waals surface area (Å²) in [6.07, 6.45) is -2.99. The van der Waals surface area contributed by atoms with Gasteiger partial charge in [-0.25, -0.2) is 0 Å². The molecule has 1 saturated heterocycles. The zero-order chi connectivity index (χ0) is 20.5. The molecule has 1 heterocycles. The quantitative estimate of drug-likeness (QED) is 0.690. The Kier molecular flexibility index (Phi) is 5.57. The maximum absolute atomic E-state index is 14.4. The molecular formula is C21H25F3N2O2. The zero-order valence-electron chi connectivity index (χ0n) is 16.3. The number of nitrogens with zero attached hydrogens (tertiary/aromatic N) is 1. The van der Waals surface area contributed by atoms with E-state index in [1.807, 2.05) is 6.92 Å². The molecule has 152 valence electrons. The van der Waals surface area contributed by atoms with Crippen LogP contribution in [0.1, 0.15) is 51.6 Å². The molecule has 0 aliphatic carbocycles. The molecule has 1 N–H and O–H groups in total. The Bertz CT molecular complexity index is 864. The van der Waals surface area contributed by atoms with Crippen LogP contribution in [0.2, 0.25) is 0 Å². The molecular weight excluding hydrogens is 369 g/mol. The lowest BCUT2D eigenvalue weighted by molar-refractivity contribution is -0.203. The third kappa shape index (κ3) is 3.94. The van der Waals surface area contributed by atoms with Gasteiger partial charge in [-0.15, -0.1) is 0 Å². The van der Waals surface area contributed by atoms with E-state index in [-0.39, 0.29) is 17.7 Å². The van der Waals surface area contributed by atoms with Gasteiger partial charge in [0.25, 0.3) is 0 Å². The molecule has 0 bridgehead atoms. The summed E-state index contributed by atoms with van der Waals surface area (Å²) in [6.45, 7) is 5.59. The van der Waals surface area contributed by atoms with E-state index in [2.05, 4.69) is 5.43 Å². The van der Waals surface area contributed by atoms with Crippen molar-refractivity contribution in [3.63, 3.8) is 0 Å². The van der Waals surface area contributed by atoms with Gasteiger partial charge in [-0.3, -0.25) is 10.2 Å². The van der Waals surface area contributed by atoms with Crippen LogP contribution < -0.4 is 10.2 Å². The molecule has 3 rings (SSSR count). The van der Waals surface area contributed by atoms with Gasteiger partial charge in [-0.1, -0.05) is 43.7 Å². The highest BCUT2D eigenvalue weighted by Crippen LogP contribution is 2.47. The molecule has 0 saturated carbocycles. The molecule has 1 atom stereocenters. The number of unbranched alkanes of at least 4 members (excludes halogenated alkanes) is 1. The Morgan fingerprint density at radius 1 is 1.21 bits per heavy atom. The predicted molar refractivity (Wildman–Crippen MR) is 102 cm³/mol. The van der Waals surface area contributed by atoms with Crippen molar-refractivity contribution in [3.8, 4) is 5.75 Å². The van der Waals surface area contributed by atoms with Crippen molar-refractivity contribution < 1.29 is 22.7 Å². The van der Waals surface area contributed by atoms with Crippen LogP contribution in [-0.4, -0.2) is 29.2 Å². The fourth-order valence-electron chi connectivity index (χ4n) is 3.67. The number of hydrogen-bond donors (Lipinski definition) is 1. The van der Waals surface area contributed by atoms with Crippen molar-refractivity contribution in [2.75, 3.05) is 6.61 Å². The normalized spacial score (nSPS) is 18.3. The lowest BCUT2D eigenvalue weighted by Gasteiger charge is -2.38. The minimum atomic E-state index is -4.61. The van der Waals surface area contributed by atoms with Crippen LogP contribution in [0.3, 0.4) is 0 Å². The summed E-state index contributed by atoms with van der Waals surface area (Å²) in [5.74, 6) is -0.223. The third-order valence-electron chi connectivity index (χ3n) is 5.02. The average molecular weight is 394 g/mol. The molecule has 1 amide bonds. The molecule has 28 heavy (non-hydrogen) atoms. The second kappa shape index (κ2) is 7.62. The van der Waals surface area contributed by atoms with Crippen molar-refractivity contribution >= 4 is 16.7 Å². The first kappa shape index (κ1) is 20.5. The molecule has 7 heteroatoms. The second-order valence-electron chi connectivity index (χ2n) is 7.74. The molecule has 0 aromatic heterocycles. The average Bonchev–Trinajstić information content (AvgIpc) is 2.87. The van der Waals surface area contributed by atoms with Gasteiger partial charge in [0.15, 0.2) is 6.04 Å². The predicted octanol–water partition coefficient (Wildman–Crippen LogP) is 5.14. The summed E-state index contributed by atoms with van der Waals surface area (Å²) in [4.78, 5) is 11.9. The topological polar surface area (TPSA) is 41.6 Å². The van der Waals surface area contributed by atoms with Crippen LogP contribution in [-0.2, 0) is 4.79 Å². The van der Waals surface area contributed by atoms with Gasteiger partial charge in [-0.2, -0.15) is 18.2 Å². The lowest BCUT2D eigenvalue weighted by Crippen LogP contribution is -2.51. The Labute approximate surface area is 162 Å². The highest BCUT2D eigenvalue weighted by atomic mass is 19.4. The van der Waals surface area contributed by atoms with E-state index in [1.54, 1.807) is 50.2 Å². The van der Waals surface area contributed by atoms with E-state index in [4.69, 9.17) is 4.74 Å². The molecule has 0 spiro atoms. The number of benzene rings is 2. The zero-order valence-corrected chi connectivity index (χ0v) is 16.3. The van der Waals surface area contributed by atoms with Gasteiger partial charge in [0.1, 0.15) is 5.75 Å². The van der Waals surface area contributed by atoms with Crippen LogP contribution in [0.25, 0.3) is 10.8 Å². The maximum atomic E-state index is 14.4. The molecule has 0 unspecified atom stereocenters. The number of nitrogens with one attached hydrogen (secondary N) is 1. The largest absolute Gasteiger partial charge is 0.493 e. The Morgan fingerprint density at radius 3 is 2.54 bits per heavy atom. The fraction of sp³-hybridized carbons (Fsp3) is 0.476. The number of fused-ring (bicyclic) bond motifs is 1. The maximum Gasteiger partial charge on any atom is 0.410 e. The Balaban J connectivity index is 2.20. The molecule has 1 fully saturated rings. The van der Waals surface area contributed by atoms with E-state index in [9.17, 15) is 18.0 Å². The lowest BCUT2D eigenvalue weighted by atomic mass is 9.93. The first-order valence-electron chi connectivity index (χ1n) is 9.45. The molecule has 2 aromatic carbocycles. The highest BCUT2D eigenvalue weighted by Gasteiger charge is 2.54. The Morgan fingerprint density at radius 2 is 1.93 bits per heavy atom. The number of hydrazine groups is 1. The van der Waals surface area contributed by atoms with Crippen LogP contribution in [0.15, 0.2) is 36.4 Å². The summed E-state index contributed by atoms with van der Waals surface area (Å²) < 4.78 is 48.9. The number of rotatable bonds is 6. The van der Waals surface area contributed by atoms with Crippen molar-refractivity contribution in [1.82, 2.24) is 10.4 Å². The van der Waals surface area contributed by atoms with Crippen molar-refractivity contribution in [3.05, 3.63) is 42.0 Å². The number of ether oxygens (including phenoxy) is 1. The van der Waals surface area contributed by atoms with Crippen LogP contribution in [0.4, 0.5) is 13.2 Å². The van der Waals surface area contributed by atoms with Crippen molar-refractivity contribution in [2.45, 2.75) is 57.8 Å². The van der Waals surface area contributed by atoms with Crippen LogP contribution in [0, 0.1) is 0 Å². The summed E-state index contributed by atoms with van der Waals surface area (Å²) in [6, 6.07) is 8.28. The number of carbonyl (C=O) groups excluding carboxylic acids is 1. The fourth-order valence-corrected chi connectivity index (χ4v) is 3.67. The first-order chi connectivity index (χ1) is 13.1. The number of halogens is 3. The minimum Gasteiger partial charge on any atom is -0.493 e. The molecule has 4 nitrogen and oxygen atoms in total. The van der Waals surface area contributed by atoms with Crippen LogP contribution in [0.5, 0.6) is 5.75 Å². The summed E-state index contributed by atoms with van der Waals surface area (Å²) in [5.41, 5.74) is 1.47. The Hall–Kier alpha value is -2.28. The van der Waals surface area contributed by atoms with E-state index in [0.29, 0.717) is 17.4 Å². The minimum absolute atomic E-state index is 0.00360. The standard InChI is InChI=1S/C21H25F3N2O2/c1-4-5-12-28-16-11-10-14-8-6-7-9-15(14)18(16)19(21(22,23)24)26-20(2,3)13-17(27)25-26/h6-11,19H,4-5,12-13H2,1-3H3,(H,25,27)/t19-/m0/s1. The first-order valence-corrected chi connectivity index (χ1v) is 9.45. The highest BCUT2D eigenvalue weighted by molar-refractivity contribution is 5.88. The van der Waals surface area contributed by atoms with Crippen LogP contribution >= 0.6 is 0 Å². The smallest absolute Gasteiger partial charge is 0.410 e. The van der Waals surface area contributed by atoms with Gasteiger partial charge in [0.2, 0.25) is 5.91 Å². The number of amides is 1. The van der Waals surface area contributed by atoms with Gasteiger partial charge >= 0.3 is 6.18 Å². The van der Waals surface area contributed by atoms with Crippen molar-refractivity contribution in [1.29, 1.82) is 0 Å².